The van der Waals surface area contributed by atoms with Crippen LogP contribution in [0.25, 0.3) is 42.7 Å². The van der Waals surface area contributed by atoms with Crippen molar-refractivity contribution in [3.8, 4) is 28.7 Å². The number of rotatable bonds is 15. The van der Waals surface area contributed by atoms with Crippen molar-refractivity contribution in [3.05, 3.63) is 278 Å². The Hall–Kier alpha value is -8.86. The second-order valence-corrected chi connectivity index (χ2v) is 22.2. The van der Waals surface area contributed by atoms with Crippen molar-refractivity contribution in [1.29, 1.82) is 0 Å². The number of aromatic nitrogens is 2. The van der Waals surface area contributed by atoms with Gasteiger partial charge in [-0.15, -0.1) is 0 Å². The Labute approximate surface area is 452 Å². The van der Waals surface area contributed by atoms with E-state index in [0.29, 0.717) is 68.6 Å². The van der Waals surface area contributed by atoms with E-state index in [1.165, 1.54) is 16.5 Å². The summed E-state index contributed by atoms with van der Waals surface area (Å²) in [5.41, 5.74) is 24.7. The first-order valence-corrected chi connectivity index (χ1v) is 28.1. The van der Waals surface area contributed by atoms with Gasteiger partial charge in [0.2, 0.25) is 0 Å². The van der Waals surface area contributed by atoms with E-state index < -0.39 is 27.4 Å². The van der Waals surface area contributed by atoms with Crippen LogP contribution in [-0.2, 0) is 9.13 Å². The molecule has 2 aromatic heterocycles. The van der Waals surface area contributed by atoms with Crippen molar-refractivity contribution in [1.82, 2.24) is 8.68 Å². The molecule has 0 aliphatic heterocycles. The molecule has 19 heteroatoms. The zero-order chi connectivity index (χ0) is 53.8. The number of nitrogens with zero attached hydrogens (tertiary/aromatic N) is 8. The summed E-state index contributed by atoms with van der Waals surface area (Å²) in [6.07, 6.45) is 4.56. The van der Waals surface area contributed by atoms with E-state index in [2.05, 4.69) is 26.1 Å². The molecule has 0 saturated carbocycles. The van der Waals surface area contributed by atoms with Gasteiger partial charge in [0.25, 0.3) is 0 Å². The van der Waals surface area contributed by atoms with Gasteiger partial charge in [-0.1, -0.05) is 131 Å². The third-order valence-corrected chi connectivity index (χ3v) is 17.6. The highest BCUT2D eigenvalue weighted by atomic mass is 35.5. The Morgan fingerprint density at radius 1 is 0.500 bits per heavy atom. The number of methoxy groups -OCH3 is 1. The number of azide groups is 2. The summed E-state index contributed by atoms with van der Waals surface area (Å²) in [5.74, 6) is 1.37. The maximum atomic E-state index is 14.8. The highest BCUT2D eigenvalue weighted by Crippen LogP contribution is 2.58. The fraction of sp³-hybridized carbons (Fsp3) is 0.119. The molecule has 8 aromatic carbocycles. The third kappa shape index (κ3) is 10.1. The molecule has 78 heavy (non-hydrogen) atoms. The number of halogens is 2. The lowest BCUT2D eigenvalue weighted by Gasteiger charge is -2.21. The minimum atomic E-state index is -4.10. The molecular formula is C59H46ClFN8O7P2. The summed E-state index contributed by atoms with van der Waals surface area (Å²) in [6.45, 7) is 0. The Morgan fingerprint density at radius 2 is 0.962 bits per heavy atom. The van der Waals surface area contributed by atoms with Crippen molar-refractivity contribution < 1.29 is 36.4 Å². The highest BCUT2D eigenvalue weighted by Gasteiger charge is 2.41. The number of hydrogen-bond acceptors (Lipinski definition) is 9. The summed E-state index contributed by atoms with van der Waals surface area (Å²) < 4.78 is 76.8. The van der Waals surface area contributed by atoms with Gasteiger partial charge in [0, 0.05) is 50.9 Å². The summed E-state index contributed by atoms with van der Waals surface area (Å²) in [7, 11) is -6.56. The molecule has 4 unspecified atom stereocenters. The van der Waals surface area contributed by atoms with Crippen molar-refractivity contribution in [2.75, 3.05) is 7.11 Å². The molecule has 2 heterocycles. The van der Waals surface area contributed by atoms with E-state index in [1.54, 1.807) is 115 Å². The fourth-order valence-corrected chi connectivity index (χ4v) is 14.0. The molecule has 0 fully saturated rings. The van der Waals surface area contributed by atoms with Crippen LogP contribution in [0.15, 0.2) is 223 Å². The molecule has 2 aliphatic rings. The second-order valence-electron chi connectivity index (χ2n) is 18.3. The normalized spacial score (nSPS) is 16.4. The molecule has 0 spiro atoms. The van der Waals surface area contributed by atoms with E-state index in [-0.39, 0.29) is 17.9 Å². The van der Waals surface area contributed by atoms with Crippen LogP contribution in [0.5, 0.6) is 28.7 Å². The highest BCUT2D eigenvalue weighted by molar-refractivity contribution is 7.53. The smallest absolute Gasteiger partial charge is 0.497 e. The van der Waals surface area contributed by atoms with Crippen LogP contribution in [0, 0.1) is 5.82 Å². The Bertz CT molecular complexity index is 3940. The summed E-state index contributed by atoms with van der Waals surface area (Å²) in [6, 6.07) is 58.1. The number of para-hydroxylation sites is 4. The minimum absolute atomic E-state index is 0.0873. The molecule has 10 aromatic rings. The molecule has 2 aliphatic carbocycles. The SMILES string of the molecule is COc1ccc2c(C3CC(N=[N+]=[N-])c4ccccc43)cn(P(=O)(Oc3ccccc3)Oc3ccccc3)c2c1.[N-]=[N+]=NC1CC(c2cn(P(=O)(Oc3ccccc3)Oc3ccccc3)c3cccc(Cl)c23)c2ccc(F)cc21. The van der Waals surface area contributed by atoms with Gasteiger partial charge in [-0.3, -0.25) is 0 Å². The van der Waals surface area contributed by atoms with E-state index in [9.17, 15) is 19.1 Å². The Morgan fingerprint density at radius 3 is 1.49 bits per heavy atom. The number of benzene rings is 8. The molecule has 0 bridgehead atoms. The molecule has 4 atom stereocenters. The second kappa shape index (κ2) is 22.0. The van der Waals surface area contributed by atoms with Gasteiger partial charge < -0.3 is 22.8 Å². The predicted octanol–water partition coefficient (Wildman–Crippen LogP) is 18.1. The van der Waals surface area contributed by atoms with E-state index in [0.717, 1.165) is 33.2 Å². The van der Waals surface area contributed by atoms with Gasteiger partial charge in [0.1, 0.15) is 34.6 Å². The van der Waals surface area contributed by atoms with Gasteiger partial charge in [0.15, 0.2) is 0 Å². The molecule has 0 N–H and O–H groups in total. The first-order chi connectivity index (χ1) is 38.1. The zero-order valence-corrected chi connectivity index (χ0v) is 44.1. The third-order valence-electron chi connectivity index (χ3n) is 13.8. The number of hydrogen-bond donors (Lipinski definition) is 0. The van der Waals surface area contributed by atoms with Crippen LogP contribution >= 0.6 is 27.1 Å². The van der Waals surface area contributed by atoms with Crippen LogP contribution in [0.1, 0.15) is 70.1 Å². The van der Waals surface area contributed by atoms with Crippen LogP contribution in [-0.4, -0.2) is 15.8 Å². The van der Waals surface area contributed by atoms with Crippen LogP contribution in [0.3, 0.4) is 0 Å². The van der Waals surface area contributed by atoms with Gasteiger partial charge in [-0.05, 0) is 142 Å². The lowest BCUT2D eigenvalue weighted by molar-refractivity contribution is 0.375. The molecule has 0 saturated heterocycles. The molecule has 388 valence electrons. The van der Waals surface area contributed by atoms with Crippen LogP contribution in [0.2, 0.25) is 5.02 Å². The van der Waals surface area contributed by atoms with Crippen molar-refractivity contribution in [2.45, 2.75) is 36.8 Å². The van der Waals surface area contributed by atoms with Gasteiger partial charge in [-0.25, -0.2) is 22.2 Å². The van der Waals surface area contributed by atoms with E-state index in [4.69, 9.17) is 40.0 Å². The van der Waals surface area contributed by atoms with E-state index in [1.807, 2.05) is 91.1 Å². The maximum Gasteiger partial charge on any atom is 0.548 e. The summed E-state index contributed by atoms with van der Waals surface area (Å²) in [4.78, 5) is 6.07. The molecule has 15 nitrogen and oxygen atoms in total. The molecule has 12 rings (SSSR count). The summed E-state index contributed by atoms with van der Waals surface area (Å²) >= 11 is 6.75. The average Bonchev–Trinajstić information content (AvgIpc) is 4.25. The van der Waals surface area contributed by atoms with Gasteiger partial charge in [0.05, 0.1) is 35.2 Å². The lowest BCUT2D eigenvalue weighted by atomic mass is 9.92. The van der Waals surface area contributed by atoms with Gasteiger partial charge >= 0.3 is 15.5 Å². The largest absolute Gasteiger partial charge is 0.548 e. The Kier molecular flexibility index (Phi) is 14.5. The van der Waals surface area contributed by atoms with Crippen LogP contribution < -0.4 is 22.8 Å². The Balaban J connectivity index is 0.000000165. The molecule has 0 radical (unpaired) electrons. The quantitative estimate of drug-likeness (QED) is 0.0422. The van der Waals surface area contributed by atoms with Crippen molar-refractivity contribution >= 4 is 48.9 Å². The topological polar surface area (TPSA) is 188 Å². The summed E-state index contributed by atoms with van der Waals surface area (Å²) in [5, 5.41) is 9.98. The predicted molar refractivity (Wildman–Crippen MR) is 299 cm³/mol. The monoisotopic (exact) mass is 1090 g/mol. The first-order valence-electron chi connectivity index (χ1n) is 24.7. The molecule has 0 amide bonds. The standard InChI is InChI=1S/C30H25N4O4P.C29H21ClFN4O3P/c1-36-23-16-17-26-28(27-19-29(32-33-31)25-15-9-8-14-24(25)27)20-34(30(26)18-23)39(35,37-21-10-4-2-5-11-21)38-22-12-6-3-7-13-22;30-26-12-7-13-28-29(26)25(23-17-27(33-34-32)24-16-19(31)14-15-22(23)24)18-35(28)39(36,37-20-8-3-1-4-9-20)38-21-10-5-2-6-11-21/h2-18,20,27,29H,19H2,1H3;1-16,18,23,27H,17H2. The number of ether oxygens (including phenoxy) is 1. The van der Waals surface area contributed by atoms with Gasteiger partial charge in [-0.2, -0.15) is 0 Å². The fourth-order valence-electron chi connectivity index (χ4n) is 10.4. The minimum Gasteiger partial charge on any atom is -0.497 e. The van der Waals surface area contributed by atoms with Crippen LogP contribution in [0.4, 0.5) is 4.39 Å². The van der Waals surface area contributed by atoms with E-state index >= 15 is 0 Å². The zero-order valence-electron chi connectivity index (χ0n) is 41.5. The maximum absolute atomic E-state index is 14.8. The molecular weight excluding hydrogens is 1050 g/mol. The van der Waals surface area contributed by atoms with Crippen molar-refractivity contribution in [2.24, 2.45) is 10.2 Å². The number of fused-ring (bicyclic) bond motifs is 4. The first kappa shape index (κ1) is 51.3. The van der Waals surface area contributed by atoms with Crippen molar-refractivity contribution in [3.63, 3.8) is 0 Å². The lowest BCUT2D eigenvalue weighted by Crippen LogP contribution is -2.09. The average molecular weight is 1100 g/mol.